The van der Waals surface area contributed by atoms with Crippen molar-refractivity contribution in [1.82, 2.24) is 9.80 Å². The zero-order valence-corrected chi connectivity index (χ0v) is 13.3. The highest BCUT2D eigenvalue weighted by Crippen LogP contribution is 2.30. The molecule has 0 aliphatic carbocycles. The molecule has 9 heteroatoms. The van der Waals surface area contributed by atoms with Gasteiger partial charge >= 0.3 is 12.1 Å². The first-order valence-electron chi connectivity index (χ1n) is 7.30. The number of hydrogen-bond acceptors (Lipinski definition) is 6. The molecule has 2 heterocycles. The van der Waals surface area contributed by atoms with Gasteiger partial charge in [-0.1, -0.05) is 0 Å². The number of carbonyl (C=O) groups excluding carboxylic acids is 3. The Hall–Kier alpha value is -2.97. The monoisotopic (exact) mass is 335 g/mol. The van der Waals surface area contributed by atoms with E-state index in [-0.39, 0.29) is 37.7 Å². The first-order valence-corrected chi connectivity index (χ1v) is 7.30. The third kappa shape index (κ3) is 2.80. The molecule has 0 atom stereocenters. The number of cyclic esters (lactones) is 1. The summed E-state index contributed by atoms with van der Waals surface area (Å²) in [6.45, 7) is 0.306. The van der Waals surface area contributed by atoms with Crippen LogP contribution in [0.5, 0.6) is 11.5 Å². The number of carbonyl (C=O) groups is 3. The third-order valence-electron chi connectivity index (χ3n) is 3.95. The summed E-state index contributed by atoms with van der Waals surface area (Å²) in [6, 6.07) is 4.36. The lowest BCUT2D eigenvalue weighted by Gasteiger charge is -2.41. The number of ether oxygens (including phenoxy) is 3. The molecule has 1 aromatic rings. The maximum atomic E-state index is 12.2. The van der Waals surface area contributed by atoms with Gasteiger partial charge < -0.3 is 24.4 Å². The molecule has 2 aliphatic rings. The summed E-state index contributed by atoms with van der Waals surface area (Å²) < 4.78 is 15.0. The first kappa shape index (κ1) is 15.9. The van der Waals surface area contributed by atoms with Crippen molar-refractivity contribution >= 4 is 23.7 Å². The van der Waals surface area contributed by atoms with Crippen LogP contribution in [-0.4, -0.2) is 67.8 Å². The molecule has 128 valence electrons. The van der Waals surface area contributed by atoms with Gasteiger partial charge in [0.25, 0.3) is 5.91 Å². The Balaban J connectivity index is 1.59. The molecule has 0 spiro atoms. The molecule has 3 rings (SSSR count). The average molecular weight is 335 g/mol. The van der Waals surface area contributed by atoms with Gasteiger partial charge in [-0.25, -0.2) is 14.5 Å². The van der Waals surface area contributed by atoms with E-state index < -0.39 is 6.09 Å². The highest BCUT2D eigenvalue weighted by atomic mass is 16.6. The van der Waals surface area contributed by atoms with E-state index in [9.17, 15) is 14.4 Å². The summed E-state index contributed by atoms with van der Waals surface area (Å²) in [7, 11) is 3.03. The summed E-state index contributed by atoms with van der Waals surface area (Å²) >= 11 is 0. The molecule has 2 saturated heterocycles. The van der Waals surface area contributed by atoms with Crippen LogP contribution in [0.4, 0.5) is 15.3 Å². The fraction of sp³-hybridized carbons (Fsp3) is 0.400. The highest BCUT2D eigenvalue weighted by molar-refractivity contribution is 5.99. The van der Waals surface area contributed by atoms with Gasteiger partial charge in [-0.2, -0.15) is 0 Å². The number of hydrogen-bond donors (Lipinski definition) is 1. The van der Waals surface area contributed by atoms with E-state index in [0.717, 1.165) is 4.90 Å². The fourth-order valence-electron chi connectivity index (χ4n) is 2.60. The second kappa shape index (κ2) is 6.26. The predicted octanol–water partition coefficient (Wildman–Crippen LogP) is 0.899. The van der Waals surface area contributed by atoms with Gasteiger partial charge in [0.2, 0.25) is 0 Å². The normalized spacial score (nSPS) is 17.4. The molecular weight excluding hydrogens is 318 g/mol. The molecule has 0 saturated carbocycles. The van der Waals surface area contributed by atoms with Crippen LogP contribution in [0.1, 0.15) is 0 Å². The molecule has 2 fully saturated rings. The van der Waals surface area contributed by atoms with Gasteiger partial charge in [0, 0.05) is 19.2 Å². The molecule has 0 unspecified atom stereocenters. The number of imide groups is 1. The number of nitrogens with one attached hydrogen (secondary N) is 1. The van der Waals surface area contributed by atoms with Crippen LogP contribution in [0.15, 0.2) is 18.2 Å². The smallest absolute Gasteiger partial charge is 0.417 e. The number of benzene rings is 1. The number of amides is 4. The molecule has 9 nitrogen and oxygen atoms in total. The maximum absolute atomic E-state index is 12.2. The SMILES string of the molecule is COc1ccc(NC(=O)N2CC(N3C(=O)COC3=O)C2)c(OC)c1. The lowest BCUT2D eigenvalue weighted by molar-refractivity contribution is -0.129. The zero-order chi connectivity index (χ0) is 17.3. The third-order valence-corrected chi connectivity index (χ3v) is 3.95. The summed E-state index contributed by atoms with van der Waals surface area (Å²) in [5.41, 5.74) is 0.503. The van der Waals surface area contributed by atoms with Crippen LogP contribution in [-0.2, 0) is 9.53 Å². The largest absolute Gasteiger partial charge is 0.497 e. The van der Waals surface area contributed by atoms with Gasteiger partial charge in [0.05, 0.1) is 25.9 Å². The van der Waals surface area contributed by atoms with Gasteiger partial charge in [-0.15, -0.1) is 0 Å². The molecular formula is C15H17N3O6. The predicted molar refractivity (Wildman–Crippen MR) is 82.1 cm³/mol. The van der Waals surface area contributed by atoms with Crippen LogP contribution < -0.4 is 14.8 Å². The van der Waals surface area contributed by atoms with Gasteiger partial charge in [0.15, 0.2) is 6.61 Å². The summed E-state index contributed by atoms with van der Waals surface area (Å²) in [4.78, 5) is 37.8. The molecule has 1 N–H and O–H groups in total. The summed E-state index contributed by atoms with van der Waals surface area (Å²) in [5, 5.41) is 2.74. The van der Waals surface area contributed by atoms with Crippen molar-refractivity contribution in [3.05, 3.63) is 18.2 Å². The number of rotatable bonds is 4. The quantitative estimate of drug-likeness (QED) is 0.878. The molecule has 24 heavy (non-hydrogen) atoms. The molecule has 0 aromatic heterocycles. The molecule has 4 amide bonds. The van der Waals surface area contributed by atoms with Crippen molar-refractivity contribution in [2.45, 2.75) is 6.04 Å². The minimum Gasteiger partial charge on any atom is -0.497 e. The Morgan fingerprint density at radius 3 is 2.58 bits per heavy atom. The second-order valence-corrected chi connectivity index (χ2v) is 5.37. The van der Waals surface area contributed by atoms with E-state index in [1.807, 2.05) is 0 Å². The van der Waals surface area contributed by atoms with Crippen LogP contribution in [0.25, 0.3) is 0 Å². The molecule has 2 aliphatic heterocycles. The molecule has 0 radical (unpaired) electrons. The number of methoxy groups -OCH3 is 2. The van der Waals surface area contributed by atoms with Crippen LogP contribution in [0, 0.1) is 0 Å². The van der Waals surface area contributed by atoms with Crippen LogP contribution in [0.3, 0.4) is 0 Å². The Morgan fingerprint density at radius 2 is 2.00 bits per heavy atom. The fourth-order valence-corrected chi connectivity index (χ4v) is 2.60. The second-order valence-electron chi connectivity index (χ2n) is 5.37. The van der Waals surface area contributed by atoms with Gasteiger partial charge in [0.1, 0.15) is 11.5 Å². The number of urea groups is 1. The van der Waals surface area contributed by atoms with Crippen molar-refractivity contribution in [1.29, 1.82) is 0 Å². The van der Waals surface area contributed by atoms with E-state index in [0.29, 0.717) is 17.2 Å². The minimum atomic E-state index is -0.651. The maximum Gasteiger partial charge on any atom is 0.417 e. The van der Waals surface area contributed by atoms with Crippen molar-refractivity contribution in [3.63, 3.8) is 0 Å². The summed E-state index contributed by atoms with van der Waals surface area (Å²) in [5.74, 6) is 0.708. The minimum absolute atomic E-state index is 0.232. The highest BCUT2D eigenvalue weighted by Gasteiger charge is 2.44. The average Bonchev–Trinajstić information content (AvgIpc) is 2.86. The Morgan fingerprint density at radius 1 is 1.25 bits per heavy atom. The van der Waals surface area contributed by atoms with E-state index in [1.165, 1.54) is 19.1 Å². The number of nitrogens with zero attached hydrogens (tertiary/aromatic N) is 2. The van der Waals surface area contributed by atoms with Crippen molar-refractivity contribution < 1.29 is 28.6 Å². The Kier molecular flexibility index (Phi) is 4.15. The standard InChI is InChI=1S/C15H17N3O6/c1-22-10-3-4-11(12(5-10)23-2)16-14(20)17-6-9(7-17)18-13(19)8-24-15(18)21/h3-5,9H,6-8H2,1-2H3,(H,16,20). The van der Waals surface area contributed by atoms with E-state index >= 15 is 0 Å². The van der Waals surface area contributed by atoms with Crippen LogP contribution >= 0.6 is 0 Å². The van der Waals surface area contributed by atoms with Gasteiger partial charge in [-0.05, 0) is 12.1 Å². The van der Waals surface area contributed by atoms with Gasteiger partial charge in [-0.3, -0.25) is 4.79 Å². The number of likely N-dealkylation sites (tertiary alicyclic amines) is 1. The Labute approximate surface area is 138 Å². The Bertz CT molecular complexity index is 670. The zero-order valence-electron chi connectivity index (χ0n) is 13.3. The van der Waals surface area contributed by atoms with E-state index in [4.69, 9.17) is 9.47 Å². The van der Waals surface area contributed by atoms with Crippen molar-refractivity contribution in [2.75, 3.05) is 39.2 Å². The molecule has 0 bridgehead atoms. The topological polar surface area (TPSA) is 97.4 Å². The lowest BCUT2D eigenvalue weighted by atomic mass is 10.1. The molecule has 1 aromatic carbocycles. The van der Waals surface area contributed by atoms with Crippen molar-refractivity contribution in [2.24, 2.45) is 0 Å². The lowest BCUT2D eigenvalue weighted by Crippen LogP contribution is -2.63. The number of anilines is 1. The van der Waals surface area contributed by atoms with E-state index in [2.05, 4.69) is 10.1 Å². The van der Waals surface area contributed by atoms with Crippen LogP contribution in [0.2, 0.25) is 0 Å². The van der Waals surface area contributed by atoms with Crippen molar-refractivity contribution in [3.8, 4) is 11.5 Å². The first-order chi connectivity index (χ1) is 11.5. The summed E-state index contributed by atoms with van der Waals surface area (Å²) in [6.07, 6.45) is -0.651. The van der Waals surface area contributed by atoms with E-state index in [1.54, 1.807) is 18.2 Å².